The molecule has 2 aliphatic rings. The van der Waals surface area contributed by atoms with E-state index in [-0.39, 0.29) is 25.6 Å². The van der Waals surface area contributed by atoms with E-state index in [0.29, 0.717) is 11.9 Å². The summed E-state index contributed by atoms with van der Waals surface area (Å²) in [7, 11) is 3.71. The van der Waals surface area contributed by atoms with E-state index in [4.69, 9.17) is 5.11 Å². The van der Waals surface area contributed by atoms with Crippen LogP contribution in [0, 0.1) is 0 Å². The molecule has 0 spiro atoms. The van der Waals surface area contributed by atoms with Crippen LogP contribution < -0.4 is 16.0 Å². The highest BCUT2D eigenvalue weighted by atomic mass is 19.4. The van der Waals surface area contributed by atoms with Gasteiger partial charge in [-0.25, -0.2) is 9.97 Å². The number of likely N-dealkylation sites (tertiary alicyclic amines) is 1. The third-order valence-electron chi connectivity index (χ3n) is 8.72. The van der Waals surface area contributed by atoms with Crippen molar-refractivity contribution in [2.75, 3.05) is 36.8 Å². The second-order valence-corrected chi connectivity index (χ2v) is 13.1. The highest BCUT2D eigenvalue weighted by Gasteiger charge is 2.39. The summed E-state index contributed by atoms with van der Waals surface area (Å²) >= 11 is 0. The zero-order valence-corrected chi connectivity index (χ0v) is 30.8. The monoisotopic (exact) mass is 774 g/mol. The first kappa shape index (κ1) is 39.1. The topological polar surface area (TPSA) is 191 Å². The fourth-order valence-corrected chi connectivity index (χ4v) is 5.57. The molecule has 2 saturated heterocycles. The molecule has 0 bridgehead atoms. The van der Waals surface area contributed by atoms with Crippen molar-refractivity contribution < 1.29 is 27.9 Å². The van der Waals surface area contributed by atoms with Crippen LogP contribution in [-0.4, -0.2) is 103 Å². The molecule has 6 aromatic heterocycles. The van der Waals surface area contributed by atoms with Crippen LogP contribution in [0.4, 0.5) is 36.2 Å². The molecule has 8 heterocycles. The fourth-order valence-electron chi connectivity index (χ4n) is 5.57. The van der Waals surface area contributed by atoms with E-state index in [9.17, 15) is 22.8 Å². The Morgan fingerprint density at radius 3 is 1.64 bits per heavy atom. The van der Waals surface area contributed by atoms with Crippen molar-refractivity contribution in [2.45, 2.75) is 38.0 Å². The normalized spacial score (nSPS) is 14.1. The van der Waals surface area contributed by atoms with Crippen LogP contribution in [-0.2, 0) is 23.7 Å². The van der Waals surface area contributed by atoms with Gasteiger partial charge in [-0.3, -0.25) is 28.3 Å². The van der Waals surface area contributed by atoms with Gasteiger partial charge < -0.3 is 26.0 Å². The van der Waals surface area contributed by atoms with Gasteiger partial charge in [0.05, 0.1) is 48.2 Å². The summed E-state index contributed by atoms with van der Waals surface area (Å²) in [5.74, 6) is -0.203. The second-order valence-electron chi connectivity index (χ2n) is 13.1. The van der Waals surface area contributed by atoms with Crippen molar-refractivity contribution in [3.63, 3.8) is 0 Å². The number of carbonyl (C=O) groups is 2. The molecular formula is C36H41F3N14O3. The highest BCUT2D eigenvalue weighted by Crippen LogP contribution is 2.29. The van der Waals surface area contributed by atoms with Gasteiger partial charge in [-0.1, -0.05) is 6.92 Å². The average molecular weight is 775 g/mol. The standard InChI is InChI=1S/C18H18F3N7O.C15H17N7.C3H6O2/c1-26-9-14(7-23-26)25-16-4-12(2-3-22-16)13-6-24-28(8-13)15-10-27(11-15)17(29)5-18(19,20)21;1-21-10-13(6-18-21)20-15-4-11(2-3-17-15)12-5-19-22(9-12)14-7-16-8-14;1-2-3(4)5/h2-4,6-9,15H,5,10-11H2,1H3,(H,22,25);2-6,9-10,14,16H,7-8H2,1H3,(H,17,20);2H2,1H3,(H,4,5). The Balaban J connectivity index is 0.000000174. The number of pyridine rings is 2. The summed E-state index contributed by atoms with van der Waals surface area (Å²) in [6.45, 7) is 4.03. The minimum Gasteiger partial charge on any atom is -0.481 e. The minimum atomic E-state index is -4.48. The van der Waals surface area contributed by atoms with Gasteiger partial charge in [0.1, 0.15) is 18.1 Å². The van der Waals surface area contributed by atoms with Gasteiger partial charge in [0.25, 0.3) is 0 Å². The predicted molar refractivity (Wildman–Crippen MR) is 200 cm³/mol. The zero-order chi connectivity index (χ0) is 39.8. The lowest BCUT2D eigenvalue weighted by Crippen LogP contribution is -2.51. The zero-order valence-electron chi connectivity index (χ0n) is 30.8. The molecule has 0 aliphatic carbocycles. The first-order valence-electron chi connectivity index (χ1n) is 17.6. The van der Waals surface area contributed by atoms with Gasteiger partial charge in [-0.15, -0.1) is 0 Å². The van der Waals surface area contributed by atoms with E-state index in [1.54, 1.807) is 52.0 Å². The third kappa shape index (κ3) is 10.6. The van der Waals surface area contributed by atoms with E-state index >= 15 is 0 Å². The van der Waals surface area contributed by atoms with Gasteiger partial charge in [0.15, 0.2) is 0 Å². The Labute approximate surface area is 319 Å². The number of rotatable bonds is 10. The van der Waals surface area contributed by atoms with E-state index in [0.717, 1.165) is 52.5 Å². The number of carboxylic acid groups (broad SMARTS) is 1. The smallest absolute Gasteiger partial charge is 0.397 e. The fraction of sp³-hybridized carbons (Fsp3) is 0.333. The third-order valence-corrected chi connectivity index (χ3v) is 8.72. The van der Waals surface area contributed by atoms with Crippen LogP contribution >= 0.6 is 0 Å². The Hall–Kier alpha value is -6.57. The van der Waals surface area contributed by atoms with Crippen LogP contribution in [0.3, 0.4) is 0 Å². The van der Waals surface area contributed by atoms with Crippen molar-refractivity contribution in [3.8, 4) is 22.3 Å². The Morgan fingerprint density at radius 1 is 0.768 bits per heavy atom. The summed E-state index contributed by atoms with van der Waals surface area (Å²) in [6, 6.07) is 8.07. The number of aromatic nitrogens is 10. The highest BCUT2D eigenvalue weighted by molar-refractivity contribution is 5.77. The molecule has 56 heavy (non-hydrogen) atoms. The number of halogens is 3. The lowest BCUT2D eigenvalue weighted by atomic mass is 10.1. The molecule has 0 aromatic carbocycles. The lowest BCUT2D eigenvalue weighted by molar-refractivity contribution is -0.165. The quantitative estimate of drug-likeness (QED) is 0.149. The maximum absolute atomic E-state index is 12.3. The summed E-state index contributed by atoms with van der Waals surface area (Å²) in [5.41, 5.74) is 5.67. The molecule has 8 rings (SSSR count). The van der Waals surface area contributed by atoms with Crippen molar-refractivity contribution in [1.82, 2.24) is 59.3 Å². The molecule has 6 aromatic rings. The summed E-state index contributed by atoms with van der Waals surface area (Å²) in [4.78, 5) is 30.8. The van der Waals surface area contributed by atoms with Crippen molar-refractivity contribution >= 4 is 34.9 Å². The number of amides is 1. The number of hydrogen-bond acceptors (Lipinski definition) is 11. The molecule has 4 N–H and O–H groups in total. The number of carboxylic acids is 1. The first-order chi connectivity index (χ1) is 26.8. The SMILES string of the molecule is CCC(=O)O.Cn1cc(Nc2cc(-c3cnn(C4CN(C(=O)CC(F)(F)F)C4)c3)ccn2)cn1.Cn1cc(Nc2cc(-c3cnn(C4CNC4)c3)ccn2)cn1. The number of hydrogen-bond donors (Lipinski definition) is 4. The van der Waals surface area contributed by atoms with Crippen LogP contribution in [0.5, 0.6) is 0 Å². The van der Waals surface area contributed by atoms with E-state index < -0.39 is 24.5 Å². The van der Waals surface area contributed by atoms with Crippen LogP contribution in [0.25, 0.3) is 22.3 Å². The Bertz CT molecular complexity index is 2230. The molecule has 1 amide bonds. The number of nitrogens with one attached hydrogen (secondary N) is 3. The molecule has 0 unspecified atom stereocenters. The minimum absolute atomic E-state index is 0.129. The summed E-state index contributed by atoms with van der Waals surface area (Å²) in [5, 5.41) is 34.4. The number of aryl methyl sites for hydroxylation is 2. The van der Waals surface area contributed by atoms with Gasteiger partial charge in [-0.05, 0) is 35.4 Å². The first-order valence-corrected chi connectivity index (χ1v) is 17.6. The molecule has 2 fully saturated rings. The van der Waals surface area contributed by atoms with Crippen molar-refractivity contribution in [1.29, 1.82) is 0 Å². The summed E-state index contributed by atoms with van der Waals surface area (Å²) in [6.07, 6.45) is 12.5. The van der Waals surface area contributed by atoms with Gasteiger partial charge >= 0.3 is 12.1 Å². The van der Waals surface area contributed by atoms with Crippen LogP contribution in [0.1, 0.15) is 31.8 Å². The average Bonchev–Trinajstić information content (AvgIpc) is 3.93. The molecule has 17 nitrogen and oxygen atoms in total. The maximum Gasteiger partial charge on any atom is 0.397 e. The van der Waals surface area contributed by atoms with Gasteiger partial charge in [-0.2, -0.15) is 33.6 Å². The maximum atomic E-state index is 12.3. The molecule has 0 atom stereocenters. The molecule has 294 valence electrons. The lowest BCUT2D eigenvalue weighted by Gasteiger charge is -2.39. The Kier molecular flexibility index (Phi) is 12.1. The number of anilines is 4. The molecule has 0 radical (unpaired) electrons. The second kappa shape index (κ2) is 17.3. The van der Waals surface area contributed by atoms with Crippen molar-refractivity contribution in [3.05, 3.63) is 86.2 Å². The van der Waals surface area contributed by atoms with Crippen LogP contribution in [0.2, 0.25) is 0 Å². The number of nitrogens with zero attached hydrogens (tertiary/aromatic N) is 11. The largest absolute Gasteiger partial charge is 0.481 e. The van der Waals surface area contributed by atoms with E-state index in [1.807, 2.05) is 67.8 Å². The van der Waals surface area contributed by atoms with Crippen LogP contribution in [0.15, 0.2) is 86.2 Å². The number of alkyl halides is 3. The van der Waals surface area contributed by atoms with E-state index in [2.05, 4.69) is 52.5 Å². The number of aliphatic carboxylic acids is 1. The molecule has 20 heteroatoms. The van der Waals surface area contributed by atoms with Crippen molar-refractivity contribution in [2.24, 2.45) is 14.1 Å². The predicted octanol–water partition coefficient (Wildman–Crippen LogP) is 4.81. The summed E-state index contributed by atoms with van der Waals surface area (Å²) < 4.78 is 44.1. The molecule has 0 saturated carbocycles. The van der Waals surface area contributed by atoms with E-state index in [1.165, 1.54) is 4.90 Å². The Morgan fingerprint density at radius 2 is 1.25 bits per heavy atom. The molecular weight excluding hydrogens is 733 g/mol. The number of carbonyl (C=O) groups excluding carboxylic acids is 1. The van der Waals surface area contributed by atoms with Gasteiger partial charge in [0, 0.05) is 95.0 Å². The van der Waals surface area contributed by atoms with Gasteiger partial charge in [0.2, 0.25) is 5.91 Å². The molecule has 2 aliphatic heterocycles.